The molecule has 0 spiro atoms. The average Bonchev–Trinajstić information content (AvgIpc) is 3.19. The van der Waals surface area contributed by atoms with Gasteiger partial charge in [0.25, 0.3) is 0 Å². The first-order valence-electron chi connectivity index (χ1n) is 8.98. The summed E-state index contributed by atoms with van der Waals surface area (Å²) < 4.78 is 5.19. The van der Waals surface area contributed by atoms with Gasteiger partial charge in [-0.2, -0.15) is 0 Å². The molecule has 0 aromatic carbocycles. The van der Waals surface area contributed by atoms with Crippen LogP contribution in [-0.4, -0.2) is 33.3 Å². The predicted octanol–water partition coefficient (Wildman–Crippen LogP) is 1.90. The molecule has 0 bridgehead atoms. The molecule has 1 saturated carbocycles. The van der Waals surface area contributed by atoms with Crippen molar-refractivity contribution >= 4 is 5.82 Å². The molecule has 0 radical (unpaired) electrons. The first-order chi connectivity index (χ1) is 11.8. The Bertz CT molecular complexity index is 823. The summed E-state index contributed by atoms with van der Waals surface area (Å²) in [5.41, 5.74) is 2.60. The number of nitrogens with zero attached hydrogens (tertiary/aromatic N) is 4. The van der Waals surface area contributed by atoms with E-state index in [-0.39, 0.29) is 5.92 Å². The summed E-state index contributed by atoms with van der Waals surface area (Å²) in [4.78, 5) is 23.4. The lowest BCUT2D eigenvalue weighted by molar-refractivity contribution is 0.384. The molecule has 1 atom stereocenters. The normalized spacial score (nSPS) is 23.5. The van der Waals surface area contributed by atoms with Gasteiger partial charge < -0.3 is 9.32 Å². The van der Waals surface area contributed by atoms with Crippen molar-refractivity contribution in [2.24, 2.45) is 0 Å². The Labute approximate surface area is 139 Å². The maximum atomic E-state index is 11.2. The van der Waals surface area contributed by atoms with E-state index in [9.17, 15) is 4.79 Å². The zero-order valence-electron chi connectivity index (χ0n) is 13.6. The third-order valence-corrected chi connectivity index (χ3v) is 5.40. The van der Waals surface area contributed by atoms with Crippen molar-refractivity contribution < 1.29 is 4.42 Å². The molecule has 2 aromatic heterocycles. The summed E-state index contributed by atoms with van der Waals surface area (Å²) in [5, 5.41) is 6.41. The highest BCUT2D eigenvalue weighted by molar-refractivity contribution is 5.52. The SMILES string of the molecule is O=c1[nH]nc(C2CCCN(c3nc(C4CC4)nc4c3CCC4)C2)o1. The van der Waals surface area contributed by atoms with E-state index in [0.29, 0.717) is 11.8 Å². The van der Waals surface area contributed by atoms with Crippen LogP contribution in [-0.2, 0) is 12.8 Å². The van der Waals surface area contributed by atoms with Crippen molar-refractivity contribution in [1.29, 1.82) is 0 Å². The van der Waals surface area contributed by atoms with Crippen molar-refractivity contribution in [3.05, 3.63) is 33.5 Å². The Hall–Kier alpha value is -2.18. The van der Waals surface area contributed by atoms with Gasteiger partial charge in [-0.3, -0.25) is 0 Å². The summed E-state index contributed by atoms with van der Waals surface area (Å²) in [7, 11) is 0. The van der Waals surface area contributed by atoms with E-state index in [0.717, 1.165) is 50.4 Å². The average molecular weight is 327 g/mol. The quantitative estimate of drug-likeness (QED) is 0.926. The third-order valence-electron chi connectivity index (χ3n) is 5.40. The number of anilines is 1. The molecule has 5 rings (SSSR count). The van der Waals surface area contributed by atoms with E-state index in [1.54, 1.807) is 0 Å². The molecule has 3 heterocycles. The van der Waals surface area contributed by atoms with Crippen LogP contribution in [0.1, 0.15) is 66.9 Å². The number of hydrogen-bond donors (Lipinski definition) is 1. The van der Waals surface area contributed by atoms with Crippen LogP contribution in [0.3, 0.4) is 0 Å². The molecule has 1 saturated heterocycles. The number of nitrogens with one attached hydrogen (secondary N) is 1. The molecule has 3 aliphatic rings. The highest BCUT2D eigenvalue weighted by Gasteiger charge is 2.33. The van der Waals surface area contributed by atoms with Gasteiger partial charge in [-0.15, -0.1) is 5.10 Å². The molecule has 126 valence electrons. The predicted molar refractivity (Wildman–Crippen MR) is 87.3 cm³/mol. The molecule has 1 aliphatic heterocycles. The molecule has 7 heteroatoms. The topological polar surface area (TPSA) is 87.9 Å². The molecular formula is C17H21N5O2. The summed E-state index contributed by atoms with van der Waals surface area (Å²) in [6, 6.07) is 0. The van der Waals surface area contributed by atoms with Crippen molar-refractivity contribution in [1.82, 2.24) is 20.2 Å². The molecule has 1 N–H and O–H groups in total. The Morgan fingerprint density at radius 2 is 2.00 bits per heavy atom. The van der Waals surface area contributed by atoms with Gasteiger partial charge in [0.05, 0.1) is 5.92 Å². The van der Waals surface area contributed by atoms with Crippen LogP contribution < -0.4 is 10.7 Å². The molecule has 2 fully saturated rings. The summed E-state index contributed by atoms with van der Waals surface area (Å²) in [6.07, 6.45) is 7.82. The van der Waals surface area contributed by atoms with Crippen molar-refractivity contribution in [2.75, 3.05) is 18.0 Å². The number of aryl methyl sites for hydroxylation is 1. The van der Waals surface area contributed by atoms with E-state index < -0.39 is 5.76 Å². The Kier molecular flexibility index (Phi) is 3.21. The second-order valence-corrected chi connectivity index (χ2v) is 7.20. The molecule has 0 amide bonds. The van der Waals surface area contributed by atoms with E-state index in [1.807, 2.05) is 0 Å². The number of aromatic nitrogens is 4. The first kappa shape index (κ1) is 14.2. The number of H-pyrrole nitrogens is 1. The third kappa shape index (κ3) is 2.42. The van der Waals surface area contributed by atoms with Crippen LogP contribution in [0.25, 0.3) is 0 Å². The number of hydrogen-bond acceptors (Lipinski definition) is 6. The second-order valence-electron chi connectivity index (χ2n) is 7.20. The molecule has 1 unspecified atom stereocenters. The van der Waals surface area contributed by atoms with Crippen LogP contribution in [0, 0.1) is 0 Å². The molecule has 2 aliphatic carbocycles. The standard InChI is InChI=1S/C17H21N5O2/c23-17-21-20-16(24-17)11-3-2-8-22(9-11)15-12-4-1-5-13(12)18-14(19-15)10-6-7-10/h10-11H,1-9H2,(H,21,23). The fraction of sp³-hybridized carbons (Fsp3) is 0.647. The first-order valence-corrected chi connectivity index (χ1v) is 8.98. The largest absolute Gasteiger partial charge is 0.434 e. The van der Waals surface area contributed by atoms with Gasteiger partial charge in [0.2, 0.25) is 5.89 Å². The van der Waals surface area contributed by atoms with E-state index in [4.69, 9.17) is 14.4 Å². The highest BCUT2D eigenvalue weighted by atomic mass is 16.4. The molecule has 24 heavy (non-hydrogen) atoms. The smallest absolute Gasteiger partial charge is 0.392 e. The van der Waals surface area contributed by atoms with Crippen LogP contribution in [0.5, 0.6) is 0 Å². The lowest BCUT2D eigenvalue weighted by Crippen LogP contribution is -2.36. The fourth-order valence-electron chi connectivity index (χ4n) is 4.00. The van der Waals surface area contributed by atoms with Gasteiger partial charge in [0, 0.05) is 30.3 Å². The Balaban J connectivity index is 1.48. The summed E-state index contributed by atoms with van der Waals surface area (Å²) in [5.74, 6) is 2.94. The van der Waals surface area contributed by atoms with Crippen molar-refractivity contribution in [3.63, 3.8) is 0 Å². The highest BCUT2D eigenvalue weighted by Crippen LogP contribution is 2.41. The molecule has 2 aromatic rings. The monoisotopic (exact) mass is 327 g/mol. The van der Waals surface area contributed by atoms with Crippen molar-refractivity contribution in [2.45, 2.75) is 56.8 Å². The number of fused-ring (bicyclic) bond motifs is 1. The van der Waals surface area contributed by atoms with Gasteiger partial charge in [0.1, 0.15) is 11.6 Å². The molecular weight excluding hydrogens is 306 g/mol. The summed E-state index contributed by atoms with van der Waals surface area (Å²) in [6.45, 7) is 1.81. The minimum atomic E-state index is -0.471. The van der Waals surface area contributed by atoms with Crippen LogP contribution in [0.2, 0.25) is 0 Å². The lowest BCUT2D eigenvalue weighted by atomic mass is 9.97. The van der Waals surface area contributed by atoms with Gasteiger partial charge >= 0.3 is 5.76 Å². The number of rotatable bonds is 3. The zero-order chi connectivity index (χ0) is 16.1. The molecule has 7 nitrogen and oxygen atoms in total. The van der Waals surface area contributed by atoms with Crippen molar-refractivity contribution in [3.8, 4) is 0 Å². The Morgan fingerprint density at radius 1 is 1.08 bits per heavy atom. The van der Waals surface area contributed by atoms with Gasteiger partial charge in [-0.05, 0) is 44.9 Å². The van der Waals surface area contributed by atoms with Crippen LogP contribution in [0.4, 0.5) is 5.82 Å². The van der Waals surface area contributed by atoms with Crippen LogP contribution in [0.15, 0.2) is 9.21 Å². The van der Waals surface area contributed by atoms with E-state index in [2.05, 4.69) is 15.1 Å². The number of aromatic amines is 1. The second kappa shape index (κ2) is 5.43. The van der Waals surface area contributed by atoms with E-state index >= 15 is 0 Å². The lowest BCUT2D eigenvalue weighted by Gasteiger charge is -2.33. The van der Waals surface area contributed by atoms with E-state index in [1.165, 1.54) is 30.5 Å². The minimum absolute atomic E-state index is 0.147. The number of piperidine rings is 1. The summed E-state index contributed by atoms with van der Waals surface area (Å²) >= 11 is 0. The fourth-order valence-corrected chi connectivity index (χ4v) is 4.00. The van der Waals surface area contributed by atoms with Gasteiger partial charge in [-0.25, -0.2) is 19.9 Å². The Morgan fingerprint density at radius 3 is 2.79 bits per heavy atom. The van der Waals surface area contributed by atoms with Crippen LogP contribution >= 0.6 is 0 Å². The van der Waals surface area contributed by atoms with Gasteiger partial charge in [0.15, 0.2) is 0 Å². The maximum absolute atomic E-state index is 11.2. The minimum Gasteiger partial charge on any atom is -0.392 e. The van der Waals surface area contributed by atoms with Gasteiger partial charge in [-0.1, -0.05) is 0 Å². The zero-order valence-corrected chi connectivity index (χ0v) is 13.6. The maximum Gasteiger partial charge on any atom is 0.434 e.